The Morgan fingerprint density at radius 3 is 2.80 bits per heavy atom. The molecular formula is C29H33ClN6O4. The van der Waals surface area contributed by atoms with Gasteiger partial charge in [0.2, 0.25) is 0 Å². The number of benzene rings is 2. The van der Waals surface area contributed by atoms with Gasteiger partial charge in [-0.05, 0) is 75.2 Å². The lowest BCUT2D eigenvalue weighted by Gasteiger charge is -2.20. The summed E-state index contributed by atoms with van der Waals surface area (Å²) in [5.41, 5.74) is 2.62. The minimum absolute atomic E-state index is 0.177. The second kappa shape index (κ2) is 13.3. The van der Waals surface area contributed by atoms with Crippen molar-refractivity contribution in [1.29, 1.82) is 0 Å². The Labute approximate surface area is 238 Å². The number of nitrogens with one attached hydrogen (secondary N) is 3. The van der Waals surface area contributed by atoms with Crippen LogP contribution >= 0.6 is 11.6 Å². The zero-order valence-corrected chi connectivity index (χ0v) is 23.7. The minimum Gasteiger partial charge on any atom is -0.456 e. The molecule has 0 unspecified atom stereocenters. The summed E-state index contributed by atoms with van der Waals surface area (Å²) in [6.45, 7) is 7.33. The molecule has 40 heavy (non-hydrogen) atoms. The van der Waals surface area contributed by atoms with Crippen LogP contribution < -0.4 is 20.7 Å². The van der Waals surface area contributed by atoms with E-state index in [4.69, 9.17) is 25.9 Å². The minimum atomic E-state index is -0.346. The summed E-state index contributed by atoms with van der Waals surface area (Å²) in [6.07, 6.45) is 5.90. The fraction of sp³-hybridized carbons (Fsp3) is 0.310. The van der Waals surface area contributed by atoms with E-state index in [9.17, 15) is 4.79 Å². The maximum atomic E-state index is 12.5. The average Bonchev–Trinajstić information content (AvgIpc) is 3.12. The SMILES string of the molecule is COCCON=CC1=Cc2c(ncnc2Nc2ccc(Oc3cccc(C(=O)NC(C)(C)C)c3)c(Cl)c2)NCC1. The smallest absolute Gasteiger partial charge is 0.251 e. The summed E-state index contributed by atoms with van der Waals surface area (Å²) in [7, 11) is 1.61. The Bertz CT molecular complexity index is 1400. The van der Waals surface area contributed by atoms with Gasteiger partial charge in [-0.15, -0.1) is 0 Å². The number of aromatic nitrogens is 2. The molecule has 1 aliphatic heterocycles. The van der Waals surface area contributed by atoms with E-state index >= 15 is 0 Å². The summed E-state index contributed by atoms with van der Waals surface area (Å²) < 4.78 is 11.0. The van der Waals surface area contributed by atoms with Crippen LogP contribution in [-0.2, 0) is 9.57 Å². The highest BCUT2D eigenvalue weighted by atomic mass is 35.5. The van der Waals surface area contributed by atoms with E-state index in [2.05, 4.69) is 31.1 Å². The fourth-order valence-electron chi connectivity index (χ4n) is 3.77. The Balaban J connectivity index is 1.49. The van der Waals surface area contributed by atoms with Crippen LogP contribution in [0.5, 0.6) is 11.5 Å². The van der Waals surface area contributed by atoms with Gasteiger partial charge in [0.05, 0.1) is 23.4 Å². The van der Waals surface area contributed by atoms with Gasteiger partial charge in [0, 0.05) is 30.4 Å². The van der Waals surface area contributed by atoms with E-state index in [0.29, 0.717) is 59.2 Å². The van der Waals surface area contributed by atoms with Gasteiger partial charge in [0.15, 0.2) is 0 Å². The number of anilines is 3. The molecule has 0 radical (unpaired) electrons. The lowest BCUT2D eigenvalue weighted by molar-refractivity contribution is 0.0759. The molecule has 10 nitrogen and oxygen atoms in total. The molecule has 0 saturated heterocycles. The number of nitrogens with zero attached hydrogens (tertiary/aromatic N) is 3. The first kappa shape index (κ1) is 28.8. The number of carbonyl (C=O) groups excluding carboxylic acids is 1. The topological polar surface area (TPSA) is 119 Å². The molecule has 11 heteroatoms. The van der Waals surface area contributed by atoms with Gasteiger partial charge in [0.25, 0.3) is 5.91 Å². The number of amides is 1. The van der Waals surface area contributed by atoms with Gasteiger partial charge in [-0.3, -0.25) is 4.79 Å². The molecular weight excluding hydrogens is 532 g/mol. The quantitative estimate of drug-likeness (QED) is 0.155. The summed E-state index contributed by atoms with van der Waals surface area (Å²) in [5.74, 6) is 2.09. The maximum absolute atomic E-state index is 12.5. The van der Waals surface area contributed by atoms with Crippen molar-refractivity contribution in [3.8, 4) is 11.5 Å². The highest BCUT2D eigenvalue weighted by molar-refractivity contribution is 6.32. The highest BCUT2D eigenvalue weighted by Gasteiger charge is 2.17. The van der Waals surface area contributed by atoms with Crippen LogP contribution in [0, 0.1) is 0 Å². The Morgan fingerprint density at radius 2 is 2.02 bits per heavy atom. The predicted octanol–water partition coefficient (Wildman–Crippen LogP) is 6.04. The fourth-order valence-corrected chi connectivity index (χ4v) is 3.99. The zero-order chi connectivity index (χ0) is 28.5. The van der Waals surface area contributed by atoms with E-state index in [0.717, 1.165) is 17.6 Å². The van der Waals surface area contributed by atoms with E-state index in [1.54, 1.807) is 49.7 Å². The van der Waals surface area contributed by atoms with E-state index in [1.165, 1.54) is 6.33 Å². The second-order valence-corrected chi connectivity index (χ2v) is 10.5. The maximum Gasteiger partial charge on any atom is 0.251 e. The van der Waals surface area contributed by atoms with Crippen molar-refractivity contribution in [2.75, 3.05) is 37.5 Å². The first-order valence-electron chi connectivity index (χ1n) is 12.8. The van der Waals surface area contributed by atoms with Crippen molar-refractivity contribution in [1.82, 2.24) is 15.3 Å². The number of methoxy groups -OCH3 is 1. The highest BCUT2D eigenvalue weighted by Crippen LogP contribution is 2.34. The molecule has 3 N–H and O–H groups in total. The summed E-state index contributed by atoms with van der Waals surface area (Å²) in [6, 6.07) is 12.3. The summed E-state index contributed by atoms with van der Waals surface area (Å²) in [5, 5.41) is 14.0. The van der Waals surface area contributed by atoms with Crippen molar-refractivity contribution in [2.24, 2.45) is 5.16 Å². The molecule has 2 heterocycles. The molecule has 0 fully saturated rings. The van der Waals surface area contributed by atoms with Crippen LogP contribution in [-0.4, -0.2) is 54.5 Å². The Morgan fingerprint density at radius 1 is 1.18 bits per heavy atom. The van der Waals surface area contributed by atoms with Crippen LogP contribution in [0.2, 0.25) is 5.02 Å². The number of hydrogen-bond acceptors (Lipinski definition) is 9. The van der Waals surface area contributed by atoms with Gasteiger partial charge < -0.3 is 30.3 Å². The van der Waals surface area contributed by atoms with E-state index in [1.807, 2.05) is 32.9 Å². The number of hydrogen-bond donors (Lipinski definition) is 3. The molecule has 0 spiro atoms. The number of fused-ring (bicyclic) bond motifs is 1. The van der Waals surface area contributed by atoms with Crippen LogP contribution in [0.4, 0.5) is 17.3 Å². The lowest BCUT2D eigenvalue weighted by Crippen LogP contribution is -2.40. The molecule has 1 aliphatic rings. The van der Waals surface area contributed by atoms with Crippen molar-refractivity contribution in [2.45, 2.75) is 32.7 Å². The number of ether oxygens (including phenoxy) is 2. The third-order valence-electron chi connectivity index (χ3n) is 5.60. The Hall–Kier alpha value is -4.15. The number of rotatable bonds is 10. The third kappa shape index (κ3) is 8.17. The molecule has 1 amide bonds. The first-order valence-corrected chi connectivity index (χ1v) is 13.2. The Kier molecular flexibility index (Phi) is 9.57. The van der Waals surface area contributed by atoms with Crippen LogP contribution in [0.25, 0.3) is 6.08 Å². The summed E-state index contributed by atoms with van der Waals surface area (Å²) in [4.78, 5) is 26.6. The van der Waals surface area contributed by atoms with Crippen molar-refractivity contribution in [3.63, 3.8) is 0 Å². The molecule has 210 valence electrons. The van der Waals surface area contributed by atoms with E-state index < -0.39 is 0 Å². The second-order valence-electron chi connectivity index (χ2n) is 10.0. The van der Waals surface area contributed by atoms with Crippen molar-refractivity contribution in [3.05, 3.63) is 70.5 Å². The normalized spacial score (nSPS) is 13.1. The zero-order valence-electron chi connectivity index (χ0n) is 23.0. The molecule has 0 atom stereocenters. The average molecular weight is 565 g/mol. The number of halogens is 1. The van der Waals surface area contributed by atoms with E-state index in [-0.39, 0.29) is 11.4 Å². The van der Waals surface area contributed by atoms with Crippen LogP contribution in [0.1, 0.15) is 43.1 Å². The predicted molar refractivity (Wildman–Crippen MR) is 158 cm³/mol. The largest absolute Gasteiger partial charge is 0.456 e. The monoisotopic (exact) mass is 564 g/mol. The molecule has 0 saturated carbocycles. The third-order valence-corrected chi connectivity index (χ3v) is 5.89. The lowest BCUT2D eigenvalue weighted by atomic mass is 10.1. The van der Waals surface area contributed by atoms with Crippen LogP contribution in [0.15, 0.2) is 59.5 Å². The van der Waals surface area contributed by atoms with Crippen LogP contribution in [0.3, 0.4) is 0 Å². The molecule has 3 aromatic rings. The standard InChI is InChI=1S/C29H33ClN6O4/c1-29(2,3)36-28(37)20-6-5-7-22(15-20)40-25-9-8-21(16-24(25)30)35-27-23-14-19(17-34-39-13-12-38-4)10-11-31-26(23)32-18-33-27/h5-9,14-18H,10-13H2,1-4H3,(H,36,37)(H2,31,32,33,35). The first-order chi connectivity index (χ1) is 19.2. The van der Waals surface area contributed by atoms with Crippen molar-refractivity contribution < 1.29 is 19.1 Å². The number of oxime groups is 1. The van der Waals surface area contributed by atoms with Gasteiger partial charge >= 0.3 is 0 Å². The van der Waals surface area contributed by atoms with Gasteiger partial charge in [-0.25, -0.2) is 9.97 Å². The molecule has 2 aromatic carbocycles. The molecule has 4 rings (SSSR count). The van der Waals surface area contributed by atoms with Gasteiger partial charge in [0.1, 0.15) is 36.1 Å². The molecule has 1 aromatic heterocycles. The van der Waals surface area contributed by atoms with Gasteiger partial charge in [-0.2, -0.15) is 0 Å². The van der Waals surface area contributed by atoms with Gasteiger partial charge in [-0.1, -0.05) is 22.8 Å². The number of carbonyl (C=O) groups is 1. The van der Waals surface area contributed by atoms with Crippen molar-refractivity contribution >= 4 is 47.1 Å². The molecule has 0 bridgehead atoms. The molecule has 0 aliphatic carbocycles. The summed E-state index contributed by atoms with van der Waals surface area (Å²) >= 11 is 6.58.